The highest BCUT2D eigenvalue weighted by molar-refractivity contribution is 9.23. The maximum absolute atomic E-state index is 4.20. The molecule has 52 valence electrons. The first-order chi connectivity index (χ1) is 5.42. The molecule has 0 spiro atoms. The van der Waals surface area contributed by atoms with E-state index in [-0.39, 0.29) is 18.2 Å². The third kappa shape index (κ3) is 1.30. The number of aromatic amines is 1. The zero-order valence-corrected chi connectivity index (χ0v) is 8.84. The molecule has 4 heteroatoms. The summed E-state index contributed by atoms with van der Waals surface area (Å²) in [5, 5.41) is 1.26. The molecule has 2 aromatic heterocycles. The van der Waals surface area contributed by atoms with Crippen molar-refractivity contribution in [3.05, 3.63) is 24.5 Å². The molecule has 0 fully saturated rings. The molecule has 0 radical (unpaired) electrons. The fourth-order valence-electron chi connectivity index (χ4n) is 1.12. The van der Waals surface area contributed by atoms with Gasteiger partial charge >= 0.3 is 18.2 Å². The first-order valence-electron chi connectivity index (χ1n) is 3.39. The molecule has 0 bridgehead atoms. The Bertz CT molecular complexity index is 371. The molecule has 2 aromatic rings. The Morgan fingerprint density at radius 2 is 2.45 bits per heavy atom. The van der Waals surface area contributed by atoms with Gasteiger partial charge in [0.1, 0.15) is 5.65 Å². The topological polar surface area (TPSA) is 28.7 Å². The van der Waals surface area contributed by atoms with Gasteiger partial charge in [-0.2, -0.15) is 0 Å². The van der Waals surface area contributed by atoms with Gasteiger partial charge in [-0.25, -0.2) is 4.98 Å². The predicted molar refractivity (Wildman–Crippen MR) is 50.4 cm³/mol. The van der Waals surface area contributed by atoms with Crippen LogP contribution in [0.2, 0.25) is 0 Å². The van der Waals surface area contributed by atoms with Crippen LogP contribution in [0.1, 0.15) is 0 Å². The molecule has 2 rings (SSSR count). The maximum Gasteiger partial charge on any atom is 0.510 e. The van der Waals surface area contributed by atoms with E-state index in [9.17, 15) is 0 Å². The summed E-state index contributed by atoms with van der Waals surface area (Å²) in [5.74, 6) is 0. The summed E-state index contributed by atoms with van der Waals surface area (Å²) in [6, 6.07) is 4.07. The highest BCUT2D eigenvalue weighted by Gasteiger charge is 2.02. The normalized spacial score (nSPS) is 9.91. The highest BCUT2D eigenvalue weighted by atomic mass is 79.9. The number of aromatic nitrogens is 2. The van der Waals surface area contributed by atoms with E-state index in [1.807, 2.05) is 12.3 Å². The first kappa shape index (κ1) is 7.58. The first-order valence-corrected chi connectivity index (χ1v) is 7.99. The molecule has 0 saturated carbocycles. The van der Waals surface area contributed by atoms with Crippen LogP contribution in [-0.4, -0.2) is 28.2 Å². The molecule has 0 aliphatic rings. The molecular formula is C7H5BrMgN2. The fourth-order valence-corrected chi connectivity index (χ4v) is 3.12. The second-order valence-corrected chi connectivity index (χ2v) is 5.06. The minimum Gasteiger partial charge on any atom is -0.348 e. The zero-order valence-electron chi connectivity index (χ0n) is 5.84. The number of H-pyrrole nitrogens is 1. The smallest absolute Gasteiger partial charge is 0.348 e. The predicted octanol–water partition coefficient (Wildman–Crippen LogP) is 1.20. The van der Waals surface area contributed by atoms with Gasteiger partial charge in [-0.3, -0.25) is 12.9 Å². The van der Waals surface area contributed by atoms with E-state index >= 15 is 0 Å². The van der Waals surface area contributed by atoms with Crippen LogP contribution in [-0.2, 0) is 0 Å². The Kier molecular flexibility index (Phi) is 2.15. The lowest BCUT2D eigenvalue weighted by Crippen LogP contribution is -2.04. The molecule has 11 heavy (non-hydrogen) atoms. The largest absolute Gasteiger partial charge is 0.510 e. The average Bonchev–Trinajstić information content (AvgIpc) is 2.47. The molecule has 0 aliphatic carbocycles. The van der Waals surface area contributed by atoms with Crippen LogP contribution in [0.15, 0.2) is 24.5 Å². The summed E-state index contributed by atoms with van der Waals surface area (Å²) in [6.45, 7) is 0. The Labute approximate surface area is 80.0 Å². The number of nitrogens with zero attached hydrogens (tertiary/aromatic N) is 1. The SMILES string of the molecule is [Br][Mg][c]1c[nH]c2ncccc12. The van der Waals surface area contributed by atoms with Gasteiger partial charge in [0.15, 0.2) is 0 Å². The van der Waals surface area contributed by atoms with Gasteiger partial charge in [0.2, 0.25) is 0 Å². The molecule has 2 heterocycles. The van der Waals surface area contributed by atoms with Crippen molar-refractivity contribution in [2.75, 3.05) is 0 Å². The standard InChI is InChI=1S/C7H5N2.BrH.Mg/c1-2-6-3-5-9-7(6)8-4-1;;/h1-2,4-5H,(H,8,9);1H;/q;;+1/p-1. The molecule has 0 amide bonds. The van der Waals surface area contributed by atoms with Crippen LogP contribution >= 0.6 is 12.9 Å². The lowest BCUT2D eigenvalue weighted by molar-refractivity contribution is 1.33. The van der Waals surface area contributed by atoms with E-state index in [4.69, 9.17) is 0 Å². The van der Waals surface area contributed by atoms with Crippen molar-refractivity contribution in [2.45, 2.75) is 0 Å². The monoisotopic (exact) mass is 220 g/mol. The average molecular weight is 221 g/mol. The number of halogens is 1. The third-order valence-electron chi connectivity index (χ3n) is 1.68. The summed E-state index contributed by atoms with van der Waals surface area (Å²) in [7, 11) is 0. The Morgan fingerprint density at radius 3 is 3.27 bits per heavy atom. The number of fused-ring (bicyclic) bond motifs is 1. The van der Waals surface area contributed by atoms with Gasteiger partial charge in [0.25, 0.3) is 0 Å². The minimum atomic E-state index is -0.247. The van der Waals surface area contributed by atoms with Crippen LogP contribution in [0.25, 0.3) is 11.0 Å². The van der Waals surface area contributed by atoms with Crippen LogP contribution in [0.5, 0.6) is 0 Å². The number of pyridine rings is 1. The van der Waals surface area contributed by atoms with Gasteiger partial charge in [0.05, 0.1) is 0 Å². The van der Waals surface area contributed by atoms with Crippen molar-refractivity contribution >= 4 is 45.8 Å². The van der Waals surface area contributed by atoms with Gasteiger partial charge in [0, 0.05) is 6.20 Å². The van der Waals surface area contributed by atoms with Gasteiger partial charge in [-0.15, -0.1) is 3.69 Å². The number of nitrogens with one attached hydrogen (secondary N) is 1. The molecule has 1 N–H and O–H groups in total. The third-order valence-corrected chi connectivity index (χ3v) is 4.37. The van der Waals surface area contributed by atoms with Crippen LogP contribution in [0, 0.1) is 0 Å². The quantitative estimate of drug-likeness (QED) is 0.720. The van der Waals surface area contributed by atoms with E-state index in [0.29, 0.717) is 0 Å². The summed E-state index contributed by atoms with van der Waals surface area (Å²) >= 11 is 3.30. The van der Waals surface area contributed by atoms with Crippen molar-refractivity contribution in [1.82, 2.24) is 9.97 Å². The maximum atomic E-state index is 4.20. The summed E-state index contributed by atoms with van der Waals surface area (Å²) in [5.41, 5.74) is 0.995. The summed E-state index contributed by atoms with van der Waals surface area (Å²) < 4.78 is 1.40. The molecule has 0 aromatic carbocycles. The van der Waals surface area contributed by atoms with Gasteiger partial charge in [-0.05, 0) is 17.6 Å². The molecular weight excluding hydrogens is 216 g/mol. The highest BCUT2D eigenvalue weighted by Crippen LogP contribution is 2.05. The van der Waals surface area contributed by atoms with Crippen LogP contribution in [0.4, 0.5) is 0 Å². The van der Waals surface area contributed by atoms with Crippen LogP contribution < -0.4 is 3.69 Å². The summed E-state index contributed by atoms with van der Waals surface area (Å²) in [6.07, 6.45) is 3.84. The summed E-state index contributed by atoms with van der Waals surface area (Å²) in [4.78, 5) is 7.33. The van der Waals surface area contributed by atoms with Crippen molar-refractivity contribution in [2.24, 2.45) is 0 Å². The second kappa shape index (κ2) is 3.12. The van der Waals surface area contributed by atoms with Gasteiger partial charge in [-0.1, -0.05) is 6.07 Å². The van der Waals surface area contributed by atoms with Crippen molar-refractivity contribution < 1.29 is 0 Å². The van der Waals surface area contributed by atoms with E-state index in [1.54, 1.807) is 6.20 Å². The number of hydrogen-bond donors (Lipinski definition) is 1. The Hall–Kier alpha value is -0.0638. The lowest BCUT2D eigenvalue weighted by Gasteiger charge is -1.88. The van der Waals surface area contributed by atoms with Crippen molar-refractivity contribution in [3.8, 4) is 0 Å². The molecule has 0 saturated heterocycles. The molecule has 0 unspecified atom stereocenters. The molecule has 0 atom stereocenters. The van der Waals surface area contributed by atoms with Crippen LogP contribution in [0.3, 0.4) is 0 Å². The van der Waals surface area contributed by atoms with E-state index < -0.39 is 0 Å². The Balaban J connectivity index is 2.76. The van der Waals surface area contributed by atoms with Crippen molar-refractivity contribution in [3.63, 3.8) is 0 Å². The molecule has 2 nitrogen and oxygen atoms in total. The number of rotatable bonds is 1. The second-order valence-electron chi connectivity index (χ2n) is 2.35. The Morgan fingerprint density at radius 1 is 1.55 bits per heavy atom. The van der Waals surface area contributed by atoms with E-state index in [0.717, 1.165) is 5.65 Å². The van der Waals surface area contributed by atoms with Gasteiger partial charge < -0.3 is 4.98 Å². The zero-order chi connectivity index (χ0) is 7.68. The van der Waals surface area contributed by atoms with Crippen molar-refractivity contribution in [1.29, 1.82) is 0 Å². The number of hydrogen-bond acceptors (Lipinski definition) is 1. The fraction of sp³-hybridized carbons (Fsp3) is 0. The molecule has 0 aliphatic heterocycles. The minimum absolute atomic E-state index is 0.247. The van der Waals surface area contributed by atoms with E-state index in [1.165, 1.54) is 9.08 Å². The lowest BCUT2D eigenvalue weighted by atomic mass is 10.3. The van der Waals surface area contributed by atoms with E-state index in [2.05, 4.69) is 28.9 Å².